The zero-order valence-corrected chi connectivity index (χ0v) is 11.7. The highest BCUT2D eigenvalue weighted by atomic mass is 16.5. The molecule has 0 aromatic carbocycles. The molecule has 5 heteroatoms. The molecule has 0 spiro atoms. The van der Waals surface area contributed by atoms with Gasteiger partial charge in [-0.15, -0.1) is 0 Å². The minimum absolute atomic E-state index is 0.139. The van der Waals surface area contributed by atoms with E-state index in [2.05, 4.69) is 22.2 Å². The van der Waals surface area contributed by atoms with Crippen LogP contribution in [0.3, 0.4) is 0 Å². The van der Waals surface area contributed by atoms with Crippen molar-refractivity contribution in [1.29, 1.82) is 0 Å². The summed E-state index contributed by atoms with van der Waals surface area (Å²) in [5.74, 6) is 1.26. The first kappa shape index (κ1) is 14.7. The van der Waals surface area contributed by atoms with Crippen LogP contribution in [0.5, 0.6) is 5.88 Å². The molecular weight excluding hydrogens is 230 g/mol. The van der Waals surface area contributed by atoms with E-state index in [4.69, 9.17) is 9.47 Å². The number of aromatic nitrogens is 2. The van der Waals surface area contributed by atoms with Gasteiger partial charge in [-0.05, 0) is 27.2 Å². The van der Waals surface area contributed by atoms with Gasteiger partial charge in [-0.25, -0.2) is 0 Å². The molecule has 0 radical (unpaired) electrons. The van der Waals surface area contributed by atoms with E-state index in [9.17, 15) is 0 Å². The van der Waals surface area contributed by atoms with Crippen LogP contribution in [0.25, 0.3) is 0 Å². The summed E-state index contributed by atoms with van der Waals surface area (Å²) in [6.07, 6.45) is 4.34. The Bertz CT molecular complexity index is 350. The highest BCUT2D eigenvalue weighted by Gasteiger charge is 2.09. The van der Waals surface area contributed by atoms with Gasteiger partial charge in [0.15, 0.2) is 0 Å². The molecule has 1 aromatic heterocycles. The van der Waals surface area contributed by atoms with Gasteiger partial charge in [0.2, 0.25) is 5.88 Å². The van der Waals surface area contributed by atoms with Crippen LogP contribution in [0, 0.1) is 0 Å². The largest absolute Gasteiger partial charge is 0.474 e. The SMILES string of the molecule is CCCNc1cncc(OCCOC(C)(C)C)n1. The monoisotopic (exact) mass is 253 g/mol. The molecule has 0 atom stereocenters. The van der Waals surface area contributed by atoms with Crippen LogP contribution in [0.2, 0.25) is 0 Å². The van der Waals surface area contributed by atoms with E-state index < -0.39 is 0 Å². The highest BCUT2D eigenvalue weighted by Crippen LogP contribution is 2.10. The van der Waals surface area contributed by atoms with E-state index in [-0.39, 0.29) is 5.60 Å². The zero-order valence-electron chi connectivity index (χ0n) is 11.7. The standard InChI is InChI=1S/C13H23N3O2/c1-5-6-15-11-9-14-10-12(16-11)17-7-8-18-13(2,3)4/h9-10H,5-8H2,1-4H3,(H,15,16). The normalized spacial score (nSPS) is 11.3. The van der Waals surface area contributed by atoms with Gasteiger partial charge in [0.25, 0.3) is 0 Å². The fourth-order valence-electron chi connectivity index (χ4n) is 1.25. The van der Waals surface area contributed by atoms with Gasteiger partial charge < -0.3 is 14.8 Å². The lowest BCUT2D eigenvalue weighted by atomic mass is 10.2. The van der Waals surface area contributed by atoms with E-state index >= 15 is 0 Å². The summed E-state index contributed by atoms with van der Waals surface area (Å²) in [7, 11) is 0. The van der Waals surface area contributed by atoms with Gasteiger partial charge in [0.05, 0.1) is 24.6 Å². The van der Waals surface area contributed by atoms with Crippen LogP contribution in [-0.4, -0.2) is 35.3 Å². The summed E-state index contributed by atoms with van der Waals surface area (Å²) in [6.45, 7) is 10.0. The van der Waals surface area contributed by atoms with E-state index in [1.54, 1.807) is 12.4 Å². The summed E-state index contributed by atoms with van der Waals surface area (Å²) >= 11 is 0. The lowest BCUT2D eigenvalue weighted by Gasteiger charge is -2.19. The van der Waals surface area contributed by atoms with Crippen LogP contribution in [0.1, 0.15) is 34.1 Å². The molecule has 18 heavy (non-hydrogen) atoms. The molecule has 0 fully saturated rings. The molecular formula is C13H23N3O2. The van der Waals surface area contributed by atoms with Crippen LogP contribution in [-0.2, 0) is 4.74 Å². The van der Waals surface area contributed by atoms with E-state index in [0.29, 0.717) is 19.1 Å². The van der Waals surface area contributed by atoms with Crippen molar-refractivity contribution in [2.75, 3.05) is 25.1 Å². The molecule has 1 N–H and O–H groups in total. The molecule has 0 bridgehead atoms. The Kier molecular flexibility index (Phi) is 5.85. The molecule has 0 unspecified atom stereocenters. The lowest BCUT2D eigenvalue weighted by Crippen LogP contribution is -2.22. The zero-order chi connectivity index (χ0) is 13.4. The van der Waals surface area contributed by atoms with E-state index in [1.165, 1.54) is 0 Å². The number of anilines is 1. The van der Waals surface area contributed by atoms with Crippen molar-refractivity contribution in [2.24, 2.45) is 0 Å². The van der Waals surface area contributed by atoms with Crippen molar-refractivity contribution < 1.29 is 9.47 Å². The molecule has 0 aliphatic heterocycles. The fraction of sp³-hybridized carbons (Fsp3) is 0.692. The predicted octanol–water partition coefficient (Wildman–Crippen LogP) is 2.49. The van der Waals surface area contributed by atoms with E-state index in [0.717, 1.165) is 18.8 Å². The quantitative estimate of drug-likeness (QED) is 0.757. The first-order valence-electron chi connectivity index (χ1n) is 6.34. The molecule has 0 aliphatic carbocycles. The number of hydrogen-bond donors (Lipinski definition) is 1. The number of hydrogen-bond acceptors (Lipinski definition) is 5. The number of nitrogens with zero attached hydrogens (tertiary/aromatic N) is 2. The lowest BCUT2D eigenvalue weighted by molar-refractivity contribution is -0.0168. The second-order valence-electron chi connectivity index (χ2n) is 4.98. The smallest absolute Gasteiger partial charge is 0.234 e. The van der Waals surface area contributed by atoms with Crippen molar-refractivity contribution >= 4 is 5.82 Å². The van der Waals surface area contributed by atoms with Crippen molar-refractivity contribution in [3.63, 3.8) is 0 Å². The van der Waals surface area contributed by atoms with Gasteiger partial charge >= 0.3 is 0 Å². The third-order valence-electron chi connectivity index (χ3n) is 2.04. The summed E-state index contributed by atoms with van der Waals surface area (Å²) in [6, 6.07) is 0. The fourth-order valence-corrected chi connectivity index (χ4v) is 1.25. The highest BCUT2D eigenvalue weighted by molar-refractivity contribution is 5.32. The summed E-state index contributed by atoms with van der Waals surface area (Å²) in [5.41, 5.74) is -0.139. The first-order valence-corrected chi connectivity index (χ1v) is 6.34. The Hall–Kier alpha value is -1.36. The molecule has 0 amide bonds. The third kappa shape index (κ3) is 6.39. The molecule has 1 heterocycles. The van der Waals surface area contributed by atoms with Gasteiger partial charge in [0.1, 0.15) is 12.4 Å². The van der Waals surface area contributed by atoms with Crippen LogP contribution >= 0.6 is 0 Å². The van der Waals surface area contributed by atoms with Crippen molar-refractivity contribution in [1.82, 2.24) is 9.97 Å². The summed E-state index contributed by atoms with van der Waals surface area (Å²) < 4.78 is 11.0. The van der Waals surface area contributed by atoms with Gasteiger partial charge in [-0.1, -0.05) is 6.92 Å². The van der Waals surface area contributed by atoms with Crippen LogP contribution in [0.4, 0.5) is 5.82 Å². The minimum Gasteiger partial charge on any atom is -0.474 e. The Labute approximate surface area is 109 Å². The maximum absolute atomic E-state index is 5.56. The van der Waals surface area contributed by atoms with Crippen LogP contribution < -0.4 is 10.1 Å². The summed E-state index contributed by atoms with van der Waals surface area (Å²) in [4.78, 5) is 8.37. The maximum Gasteiger partial charge on any atom is 0.234 e. The molecule has 1 rings (SSSR count). The van der Waals surface area contributed by atoms with E-state index in [1.807, 2.05) is 20.8 Å². The Morgan fingerprint density at radius 3 is 2.67 bits per heavy atom. The van der Waals surface area contributed by atoms with Gasteiger partial charge in [-0.3, -0.25) is 4.98 Å². The average Bonchev–Trinajstić information content (AvgIpc) is 2.31. The molecule has 0 saturated carbocycles. The second-order valence-corrected chi connectivity index (χ2v) is 4.98. The maximum atomic E-state index is 5.56. The molecule has 102 valence electrons. The second kappa shape index (κ2) is 7.16. The average molecular weight is 253 g/mol. The topological polar surface area (TPSA) is 56.3 Å². The molecule has 0 aliphatic rings. The third-order valence-corrected chi connectivity index (χ3v) is 2.04. The van der Waals surface area contributed by atoms with Crippen LogP contribution in [0.15, 0.2) is 12.4 Å². The Morgan fingerprint density at radius 1 is 1.22 bits per heavy atom. The van der Waals surface area contributed by atoms with Crippen molar-refractivity contribution in [3.05, 3.63) is 12.4 Å². The number of nitrogens with one attached hydrogen (secondary N) is 1. The van der Waals surface area contributed by atoms with Crippen molar-refractivity contribution in [3.8, 4) is 5.88 Å². The Balaban J connectivity index is 2.33. The molecule has 0 saturated heterocycles. The van der Waals surface area contributed by atoms with Gasteiger partial charge in [-0.2, -0.15) is 4.98 Å². The molecule has 1 aromatic rings. The first-order chi connectivity index (χ1) is 8.51. The van der Waals surface area contributed by atoms with Crippen molar-refractivity contribution in [2.45, 2.75) is 39.7 Å². The number of ether oxygens (including phenoxy) is 2. The van der Waals surface area contributed by atoms with Gasteiger partial charge in [0, 0.05) is 6.54 Å². The predicted molar refractivity (Wildman–Crippen MR) is 72.0 cm³/mol. The Morgan fingerprint density at radius 2 is 2.00 bits per heavy atom. The molecule has 5 nitrogen and oxygen atoms in total. The number of rotatable bonds is 7. The summed E-state index contributed by atoms with van der Waals surface area (Å²) in [5, 5.41) is 3.16. The minimum atomic E-state index is -0.139.